The molecule has 0 spiro atoms. The molecule has 0 radical (unpaired) electrons. The molecule has 0 atom stereocenters. The van der Waals surface area contributed by atoms with E-state index >= 15 is 0 Å². The van der Waals surface area contributed by atoms with Gasteiger partial charge in [-0.15, -0.1) is 0 Å². The Morgan fingerprint density at radius 2 is 2.03 bits per heavy atom. The maximum atomic E-state index is 12.5. The van der Waals surface area contributed by atoms with Gasteiger partial charge in [0, 0.05) is 42.3 Å². The number of amides is 2. The lowest BCUT2D eigenvalue weighted by atomic mass is 10.1. The molecule has 1 aromatic heterocycles. The second-order valence-electron chi connectivity index (χ2n) is 9.15. The highest BCUT2D eigenvalue weighted by molar-refractivity contribution is 6.01. The number of carbonyl (C=O) groups excluding carboxylic acids is 3. The van der Waals surface area contributed by atoms with Gasteiger partial charge in [-0.3, -0.25) is 9.59 Å². The third-order valence-electron chi connectivity index (χ3n) is 6.03. The summed E-state index contributed by atoms with van der Waals surface area (Å²) in [6.45, 7) is 9.27. The molecule has 8 heteroatoms. The van der Waals surface area contributed by atoms with E-state index in [0.29, 0.717) is 30.3 Å². The number of anilines is 2. The first kappa shape index (κ1) is 25.8. The summed E-state index contributed by atoms with van der Waals surface area (Å²) in [5, 5.41) is 12.2. The van der Waals surface area contributed by atoms with Crippen LogP contribution in [0.25, 0.3) is 6.08 Å². The number of aromatic nitrogens is 1. The molecular weight excluding hydrogens is 444 g/mol. The van der Waals surface area contributed by atoms with E-state index in [2.05, 4.69) is 23.7 Å². The molecule has 8 nitrogen and oxygen atoms in total. The van der Waals surface area contributed by atoms with Gasteiger partial charge in [-0.25, -0.2) is 4.79 Å². The number of carbonyl (C=O) groups is 3. The second kappa shape index (κ2) is 11.5. The highest BCUT2D eigenvalue weighted by Crippen LogP contribution is 2.24. The minimum atomic E-state index is -0.856. The summed E-state index contributed by atoms with van der Waals surface area (Å²) in [7, 11) is 0. The molecule has 1 aliphatic rings. The van der Waals surface area contributed by atoms with Crippen molar-refractivity contribution in [1.82, 2.24) is 4.57 Å². The van der Waals surface area contributed by atoms with E-state index in [1.54, 1.807) is 23.1 Å². The smallest absolute Gasteiger partial charge is 0.349 e. The van der Waals surface area contributed by atoms with E-state index in [-0.39, 0.29) is 11.5 Å². The summed E-state index contributed by atoms with van der Waals surface area (Å²) in [5.74, 6) is -0.770. The fourth-order valence-corrected chi connectivity index (χ4v) is 4.08. The lowest BCUT2D eigenvalue weighted by molar-refractivity contribution is -0.142. The SMILES string of the molecule is Cc1cc(/C=C(\C#N)C(=O)OCC(=O)Nc2cccc(N3CCCC3=O)c2)c(C)n1CCC(C)C. The predicted molar refractivity (Wildman–Crippen MR) is 135 cm³/mol. The monoisotopic (exact) mass is 476 g/mol. The van der Waals surface area contributed by atoms with Gasteiger partial charge in [0.1, 0.15) is 11.6 Å². The van der Waals surface area contributed by atoms with Crippen molar-refractivity contribution in [3.63, 3.8) is 0 Å². The van der Waals surface area contributed by atoms with E-state index in [1.165, 1.54) is 6.08 Å². The molecule has 35 heavy (non-hydrogen) atoms. The standard InChI is InChI=1S/C27H32N4O4/c1-18(2)10-12-30-19(3)13-21(20(30)4)14-22(16-28)27(34)35-17-25(32)29-23-7-5-8-24(15-23)31-11-6-9-26(31)33/h5,7-8,13-15,18H,6,9-12,17H2,1-4H3,(H,29,32)/b22-14+. The zero-order valence-electron chi connectivity index (χ0n) is 20.8. The van der Waals surface area contributed by atoms with Gasteiger partial charge in [-0.2, -0.15) is 5.26 Å². The molecule has 1 fully saturated rings. The first-order chi connectivity index (χ1) is 16.7. The first-order valence-electron chi connectivity index (χ1n) is 11.9. The number of hydrogen-bond acceptors (Lipinski definition) is 5. The van der Waals surface area contributed by atoms with Crippen molar-refractivity contribution in [3.8, 4) is 6.07 Å². The van der Waals surface area contributed by atoms with Gasteiger partial charge in [0.25, 0.3) is 5.91 Å². The topological polar surface area (TPSA) is 104 Å². The Balaban J connectivity index is 1.61. The number of aryl methyl sites for hydroxylation is 1. The second-order valence-corrected chi connectivity index (χ2v) is 9.15. The molecular formula is C27H32N4O4. The van der Waals surface area contributed by atoms with Crippen LogP contribution in [-0.2, 0) is 25.7 Å². The number of esters is 1. The van der Waals surface area contributed by atoms with Crippen LogP contribution in [-0.4, -0.2) is 35.5 Å². The zero-order chi connectivity index (χ0) is 25.5. The molecule has 2 aromatic rings. The lowest BCUT2D eigenvalue weighted by Gasteiger charge is -2.16. The maximum absolute atomic E-state index is 12.5. The van der Waals surface area contributed by atoms with E-state index in [4.69, 9.17) is 4.74 Å². The molecule has 0 unspecified atom stereocenters. The van der Waals surface area contributed by atoms with E-state index in [1.807, 2.05) is 32.0 Å². The highest BCUT2D eigenvalue weighted by atomic mass is 16.5. The first-order valence-corrected chi connectivity index (χ1v) is 11.9. The number of benzene rings is 1. The summed E-state index contributed by atoms with van der Waals surface area (Å²) in [6, 6.07) is 10.8. The van der Waals surface area contributed by atoms with Crippen LogP contribution in [0.3, 0.4) is 0 Å². The number of nitrogens with zero attached hydrogens (tertiary/aromatic N) is 3. The molecule has 2 heterocycles. The van der Waals surface area contributed by atoms with Crippen LogP contribution in [0.5, 0.6) is 0 Å². The van der Waals surface area contributed by atoms with Crippen molar-refractivity contribution in [2.75, 3.05) is 23.4 Å². The Bertz CT molecular complexity index is 1190. The van der Waals surface area contributed by atoms with Crippen molar-refractivity contribution in [1.29, 1.82) is 5.26 Å². The van der Waals surface area contributed by atoms with Crippen molar-refractivity contribution >= 4 is 35.2 Å². The summed E-state index contributed by atoms with van der Waals surface area (Å²) in [6.07, 6.45) is 3.86. The average Bonchev–Trinajstić information content (AvgIpc) is 3.36. The molecule has 184 valence electrons. The van der Waals surface area contributed by atoms with Crippen LogP contribution in [0.4, 0.5) is 11.4 Å². The van der Waals surface area contributed by atoms with Gasteiger partial charge in [0.15, 0.2) is 6.61 Å². The molecule has 1 aromatic carbocycles. The maximum Gasteiger partial charge on any atom is 0.349 e. The van der Waals surface area contributed by atoms with Crippen LogP contribution in [0.15, 0.2) is 35.9 Å². The third kappa shape index (κ3) is 6.60. The van der Waals surface area contributed by atoms with Gasteiger partial charge in [-0.05, 0) is 68.5 Å². The molecule has 3 rings (SSSR count). The minimum absolute atomic E-state index is 0.0546. The van der Waals surface area contributed by atoms with Gasteiger partial charge in [0.05, 0.1) is 0 Å². The normalized spacial score (nSPS) is 13.8. The summed E-state index contributed by atoms with van der Waals surface area (Å²) in [4.78, 5) is 38.4. The summed E-state index contributed by atoms with van der Waals surface area (Å²) < 4.78 is 7.26. The van der Waals surface area contributed by atoms with Crippen LogP contribution in [0.1, 0.15) is 50.1 Å². The van der Waals surface area contributed by atoms with Crippen molar-refractivity contribution in [2.24, 2.45) is 5.92 Å². The number of ether oxygens (including phenoxy) is 1. The van der Waals surface area contributed by atoms with Gasteiger partial charge < -0.3 is 19.5 Å². The number of nitriles is 1. The van der Waals surface area contributed by atoms with Crippen molar-refractivity contribution < 1.29 is 19.1 Å². The molecule has 1 aliphatic heterocycles. The Hall–Kier alpha value is -3.86. The number of nitrogens with one attached hydrogen (secondary N) is 1. The van der Waals surface area contributed by atoms with E-state index in [0.717, 1.165) is 36.3 Å². The summed E-state index contributed by atoms with van der Waals surface area (Å²) >= 11 is 0. The molecule has 1 saturated heterocycles. The largest absolute Gasteiger partial charge is 0.451 e. The zero-order valence-corrected chi connectivity index (χ0v) is 20.8. The van der Waals surface area contributed by atoms with Crippen molar-refractivity contribution in [2.45, 2.75) is 53.5 Å². The van der Waals surface area contributed by atoms with Crippen molar-refractivity contribution in [3.05, 3.63) is 52.9 Å². The Morgan fingerprint density at radius 3 is 2.69 bits per heavy atom. The van der Waals surface area contributed by atoms with Crippen LogP contribution >= 0.6 is 0 Å². The van der Waals surface area contributed by atoms with Crippen LogP contribution < -0.4 is 10.2 Å². The minimum Gasteiger partial charge on any atom is -0.451 e. The highest BCUT2D eigenvalue weighted by Gasteiger charge is 2.22. The van der Waals surface area contributed by atoms with Gasteiger partial charge >= 0.3 is 5.97 Å². The Morgan fingerprint density at radius 1 is 1.26 bits per heavy atom. The quantitative estimate of drug-likeness (QED) is 0.329. The Kier molecular flexibility index (Phi) is 8.48. The van der Waals surface area contributed by atoms with Gasteiger partial charge in [0.2, 0.25) is 5.91 Å². The number of rotatable bonds is 9. The van der Waals surface area contributed by atoms with Crippen LogP contribution in [0, 0.1) is 31.1 Å². The third-order valence-corrected chi connectivity index (χ3v) is 6.03. The average molecular weight is 477 g/mol. The molecule has 0 aliphatic carbocycles. The molecule has 0 saturated carbocycles. The fraction of sp³-hybridized carbons (Fsp3) is 0.407. The van der Waals surface area contributed by atoms with E-state index in [9.17, 15) is 19.6 Å². The summed E-state index contributed by atoms with van der Waals surface area (Å²) in [5.41, 5.74) is 3.83. The van der Waals surface area contributed by atoms with Gasteiger partial charge in [-0.1, -0.05) is 19.9 Å². The molecule has 0 bridgehead atoms. The predicted octanol–water partition coefficient (Wildman–Crippen LogP) is 4.37. The van der Waals surface area contributed by atoms with E-state index < -0.39 is 18.5 Å². The lowest BCUT2D eigenvalue weighted by Crippen LogP contribution is -2.24. The molecule has 2 amide bonds. The fourth-order valence-electron chi connectivity index (χ4n) is 4.08. The molecule has 1 N–H and O–H groups in total. The Labute approximate surface area is 206 Å². The number of hydrogen-bond donors (Lipinski definition) is 1. The van der Waals surface area contributed by atoms with Crippen LogP contribution in [0.2, 0.25) is 0 Å².